The molecule has 0 aliphatic carbocycles. The molecule has 2 saturated heterocycles. The Morgan fingerprint density at radius 1 is 0.947 bits per heavy atom. The number of aliphatic hydroxyl groups excluding tert-OH is 1. The van der Waals surface area contributed by atoms with Crippen LogP contribution >= 0.6 is 11.9 Å². The molecule has 7 rings (SSSR count). The first kappa shape index (κ1) is 25.2. The lowest BCUT2D eigenvalue weighted by atomic mass is 9.91. The molecule has 38 heavy (non-hydrogen) atoms. The van der Waals surface area contributed by atoms with E-state index in [1.807, 2.05) is 18.3 Å². The smallest absolute Gasteiger partial charge is 0.250 e. The molecule has 0 spiro atoms. The zero-order valence-electron chi connectivity index (χ0n) is 21.8. The van der Waals surface area contributed by atoms with E-state index in [9.17, 15) is 0 Å². The summed E-state index contributed by atoms with van der Waals surface area (Å²) in [5.74, 6) is 4.05. The van der Waals surface area contributed by atoms with E-state index in [4.69, 9.17) is 9.52 Å². The Balaban J connectivity index is 1.36. The van der Waals surface area contributed by atoms with Crippen LogP contribution < -0.4 is 14.5 Å². The predicted octanol–water partition coefficient (Wildman–Crippen LogP) is 5.63. The molecule has 200 valence electrons. The van der Waals surface area contributed by atoms with E-state index < -0.39 is 0 Å². The van der Waals surface area contributed by atoms with Crippen molar-refractivity contribution < 1.29 is 9.52 Å². The number of benzene rings is 1. The minimum atomic E-state index is 0.143. The highest BCUT2D eigenvalue weighted by molar-refractivity contribution is 8.00. The molecule has 4 aliphatic rings. The van der Waals surface area contributed by atoms with Crippen LogP contribution in [0, 0.1) is 11.8 Å². The van der Waals surface area contributed by atoms with Crippen LogP contribution in [0.25, 0.3) is 22.9 Å². The maximum Gasteiger partial charge on any atom is 0.250 e. The fourth-order valence-corrected chi connectivity index (χ4v) is 6.33. The highest BCUT2D eigenvalue weighted by atomic mass is 32.2. The molecule has 1 atom stereocenters. The van der Waals surface area contributed by atoms with E-state index >= 15 is 0 Å². The topological polar surface area (TPSA) is 90.6 Å². The second-order valence-electron chi connectivity index (χ2n) is 10.5. The summed E-state index contributed by atoms with van der Waals surface area (Å²) >= 11 is 1.50. The fraction of sp³-hybridized carbons (Fsp3) is 0.483. The number of aliphatic hydroxyl groups is 1. The zero-order chi connectivity index (χ0) is 25.7. The van der Waals surface area contributed by atoms with Gasteiger partial charge in [0.1, 0.15) is 5.82 Å². The Bertz CT molecular complexity index is 1260. The molecule has 2 fully saturated rings. The van der Waals surface area contributed by atoms with Gasteiger partial charge in [0.2, 0.25) is 11.8 Å². The third-order valence-corrected chi connectivity index (χ3v) is 8.70. The first-order valence-electron chi connectivity index (χ1n) is 13.8. The van der Waals surface area contributed by atoms with Gasteiger partial charge in [-0.3, -0.25) is 0 Å². The minimum absolute atomic E-state index is 0.143. The number of allylic oxidation sites excluding steroid dienone is 2. The molecule has 0 radical (unpaired) electrons. The highest BCUT2D eigenvalue weighted by Gasteiger charge is 2.25. The summed E-state index contributed by atoms with van der Waals surface area (Å²) in [6, 6.07) is 10.3. The summed E-state index contributed by atoms with van der Waals surface area (Å²) in [6.07, 6.45) is 13.8. The van der Waals surface area contributed by atoms with Crippen molar-refractivity contribution >= 4 is 29.1 Å². The first-order chi connectivity index (χ1) is 18.8. The van der Waals surface area contributed by atoms with Gasteiger partial charge in [0.05, 0.1) is 17.9 Å². The number of pyridine rings is 1. The summed E-state index contributed by atoms with van der Waals surface area (Å²) in [4.78, 5) is 9.55. The van der Waals surface area contributed by atoms with Crippen LogP contribution in [0.5, 0.6) is 0 Å². The molecule has 0 amide bonds. The standard InChI is InChI=1S/C29H36N6O2S/c36-16-17-38-33-24-7-8-25-26(19-24)34-14-10-21(11-15-34)4-1-2-5-22-6-3-13-35(20-22)27-18-23(9-12-30-27)28-31-32-29(25)37-28/h1-2,7-9,12,18-19,21-22,33,36H,3-6,10-11,13-17,20H2/b2-1+. The number of hydrogen-bond donors (Lipinski definition) is 2. The minimum Gasteiger partial charge on any atom is -0.416 e. The lowest BCUT2D eigenvalue weighted by Gasteiger charge is -2.34. The Kier molecular flexibility index (Phi) is 7.83. The third kappa shape index (κ3) is 5.68. The van der Waals surface area contributed by atoms with E-state index in [0.29, 0.717) is 23.5 Å². The molecule has 1 aromatic carbocycles. The molecule has 8 bridgehead atoms. The van der Waals surface area contributed by atoms with Gasteiger partial charge in [-0.05, 0) is 80.7 Å². The van der Waals surface area contributed by atoms with Gasteiger partial charge >= 0.3 is 0 Å². The molecule has 9 heteroatoms. The Morgan fingerprint density at radius 3 is 2.66 bits per heavy atom. The number of fused-ring (bicyclic) bond motifs is 4. The van der Waals surface area contributed by atoms with E-state index in [-0.39, 0.29) is 6.61 Å². The quantitative estimate of drug-likeness (QED) is 0.252. The van der Waals surface area contributed by atoms with Crippen molar-refractivity contribution in [2.45, 2.75) is 38.5 Å². The van der Waals surface area contributed by atoms with Gasteiger partial charge in [-0.15, -0.1) is 10.2 Å². The second kappa shape index (κ2) is 11.8. The molecule has 2 aromatic heterocycles. The van der Waals surface area contributed by atoms with Gasteiger partial charge in [0.15, 0.2) is 0 Å². The zero-order valence-corrected chi connectivity index (χ0v) is 22.6. The first-order valence-corrected chi connectivity index (χ1v) is 14.8. The van der Waals surface area contributed by atoms with Crippen molar-refractivity contribution in [3.05, 3.63) is 48.7 Å². The van der Waals surface area contributed by atoms with Crippen LogP contribution in [0.4, 0.5) is 17.2 Å². The summed E-state index contributed by atoms with van der Waals surface area (Å²) < 4.78 is 9.66. The van der Waals surface area contributed by atoms with E-state index in [1.165, 1.54) is 37.6 Å². The normalized spacial score (nSPS) is 22.2. The monoisotopic (exact) mass is 532 g/mol. The number of aromatic nitrogens is 3. The van der Waals surface area contributed by atoms with Crippen LogP contribution in [0.1, 0.15) is 38.5 Å². The average molecular weight is 533 g/mol. The molecule has 6 heterocycles. The number of anilines is 3. The van der Waals surface area contributed by atoms with Gasteiger partial charge in [0, 0.05) is 49.4 Å². The fourth-order valence-electron chi connectivity index (χ4n) is 5.84. The van der Waals surface area contributed by atoms with Gasteiger partial charge < -0.3 is 24.0 Å². The van der Waals surface area contributed by atoms with Crippen LogP contribution in [-0.2, 0) is 0 Å². The van der Waals surface area contributed by atoms with Crippen molar-refractivity contribution in [2.24, 2.45) is 11.8 Å². The van der Waals surface area contributed by atoms with Crippen LogP contribution in [-0.4, -0.2) is 58.8 Å². The van der Waals surface area contributed by atoms with Crippen LogP contribution in [0.15, 0.2) is 53.1 Å². The van der Waals surface area contributed by atoms with E-state index in [1.54, 1.807) is 0 Å². The number of piperidine rings is 2. The van der Waals surface area contributed by atoms with Crippen molar-refractivity contribution in [3.63, 3.8) is 0 Å². The van der Waals surface area contributed by atoms with E-state index in [0.717, 1.165) is 73.3 Å². The summed E-state index contributed by atoms with van der Waals surface area (Å²) in [6.45, 7) is 4.22. The number of nitrogens with zero attached hydrogens (tertiary/aromatic N) is 5. The molecule has 8 nitrogen and oxygen atoms in total. The van der Waals surface area contributed by atoms with E-state index in [2.05, 4.69) is 60.1 Å². The molecule has 1 unspecified atom stereocenters. The molecule has 4 aliphatic heterocycles. The predicted molar refractivity (Wildman–Crippen MR) is 154 cm³/mol. The lowest BCUT2D eigenvalue weighted by Crippen LogP contribution is -2.35. The molecule has 2 N–H and O–H groups in total. The number of rotatable bonds is 4. The third-order valence-electron chi connectivity index (χ3n) is 7.93. The summed E-state index contributed by atoms with van der Waals surface area (Å²) in [5, 5.41) is 18.1. The van der Waals surface area contributed by atoms with Gasteiger partial charge in [-0.2, -0.15) is 0 Å². The van der Waals surface area contributed by atoms with Crippen molar-refractivity contribution in [1.82, 2.24) is 15.2 Å². The maximum absolute atomic E-state index is 9.17. The van der Waals surface area contributed by atoms with Gasteiger partial charge in [-0.1, -0.05) is 24.1 Å². The highest BCUT2D eigenvalue weighted by Crippen LogP contribution is 2.37. The van der Waals surface area contributed by atoms with Crippen LogP contribution in [0.2, 0.25) is 0 Å². The number of hydrogen-bond acceptors (Lipinski definition) is 9. The summed E-state index contributed by atoms with van der Waals surface area (Å²) in [7, 11) is 0. The Labute approximate surface area is 228 Å². The largest absolute Gasteiger partial charge is 0.416 e. The molecule has 0 saturated carbocycles. The van der Waals surface area contributed by atoms with Gasteiger partial charge in [-0.25, -0.2) is 4.98 Å². The summed E-state index contributed by atoms with van der Waals surface area (Å²) in [5.41, 5.74) is 3.96. The molecular weight excluding hydrogens is 496 g/mol. The average Bonchev–Trinajstić information content (AvgIpc) is 3.46. The molecule has 3 aromatic rings. The lowest BCUT2D eigenvalue weighted by molar-refractivity contribution is 0.322. The van der Waals surface area contributed by atoms with Gasteiger partial charge in [0.25, 0.3) is 0 Å². The number of nitrogens with one attached hydrogen (secondary N) is 1. The second-order valence-corrected chi connectivity index (χ2v) is 11.4. The maximum atomic E-state index is 9.17. The van der Waals surface area contributed by atoms with Crippen molar-refractivity contribution in [3.8, 4) is 22.9 Å². The SMILES string of the molecule is OCCSNc1ccc2c(c1)N1CCC(C/C=C/CC3CCCN(C3)c3cc(ccn3)-c3nnc-2o3)CC1. The Morgan fingerprint density at radius 2 is 1.79 bits per heavy atom. The van der Waals surface area contributed by atoms with Crippen molar-refractivity contribution in [1.29, 1.82) is 0 Å². The molecular formula is C29H36N6O2S. The van der Waals surface area contributed by atoms with Crippen LogP contribution in [0.3, 0.4) is 0 Å². The Hall–Kier alpha value is -3.04. The van der Waals surface area contributed by atoms with Crippen molar-refractivity contribution in [2.75, 3.05) is 53.1 Å².